The highest BCUT2D eigenvalue weighted by atomic mass is 16.5. The number of ether oxygens (including phenoxy) is 1. The largest absolute Gasteiger partial charge is 0.450 e. The SMILES string of the molecule is CCCCCCCCCCCCCCCCCCOC(=O)NC(C)C. The third-order valence-corrected chi connectivity index (χ3v) is 4.64. The van der Waals surface area contributed by atoms with Gasteiger partial charge in [0, 0.05) is 6.04 Å². The van der Waals surface area contributed by atoms with E-state index in [9.17, 15) is 4.79 Å². The Kier molecular flexibility index (Phi) is 19.0. The number of alkyl carbamates (subject to hydrolysis) is 1. The molecule has 1 N–H and O–H groups in total. The summed E-state index contributed by atoms with van der Waals surface area (Å²) in [6.45, 7) is 6.71. The van der Waals surface area contributed by atoms with Crippen molar-refractivity contribution in [3.63, 3.8) is 0 Å². The van der Waals surface area contributed by atoms with Crippen molar-refractivity contribution < 1.29 is 9.53 Å². The number of carbonyl (C=O) groups excluding carboxylic acids is 1. The molecule has 0 aromatic rings. The minimum Gasteiger partial charge on any atom is -0.450 e. The number of hydrogen-bond donors (Lipinski definition) is 1. The van der Waals surface area contributed by atoms with Crippen molar-refractivity contribution in [3.8, 4) is 0 Å². The van der Waals surface area contributed by atoms with Crippen LogP contribution in [0.25, 0.3) is 0 Å². The molecule has 0 aliphatic rings. The Morgan fingerprint density at radius 1 is 0.680 bits per heavy atom. The highest BCUT2D eigenvalue weighted by Crippen LogP contribution is 2.13. The summed E-state index contributed by atoms with van der Waals surface area (Å²) in [4.78, 5) is 11.3. The quantitative estimate of drug-likeness (QED) is 0.260. The third kappa shape index (κ3) is 21.2. The predicted molar refractivity (Wildman–Crippen MR) is 109 cm³/mol. The van der Waals surface area contributed by atoms with Crippen LogP contribution in [0.4, 0.5) is 4.79 Å². The van der Waals surface area contributed by atoms with Crippen molar-refractivity contribution in [2.24, 2.45) is 0 Å². The molecule has 0 aromatic heterocycles. The smallest absolute Gasteiger partial charge is 0.407 e. The lowest BCUT2D eigenvalue weighted by Gasteiger charge is -2.09. The van der Waals surface area contributed by atoms with Crippen LogP contribution in [0.1, 0.15) is 124 Å². The van der Waals surface area contributed by atoms with E-state index in [4.69, 9.17) is 4.74 Å². The van der Waals surface area contributed by atoms with E-state index in [1.807, 2.05) is 13.8 Å². The van der Waals surface area contributed by atoms with Gasteiger partial charge in [0.25, 0.3) is 0 Å². The second kappa shape index (κ2) is 19.6. The number of nitrogens with one attached hydrogen (secondary N) is 1. The fourth-order valence-electron chi connectivity index (χ4n) is 3.09. The van der Waals surface area contributed by atoms with Gasteiger partial charge >= 0.3 is 6.09 Å². The Bertz CT molecular complexity index is 279. The lowest BCUT2D eigenvalue weighted by atomic mass is 10.0. The van der Waals surface area contributed by atoms with Crippen LogP contribution in [0, 0.1) is 0 Å². The molecule has 3 nitrogen and oxygen atoms in total. The number of carbonyl (C=O) groups is 1. The summed E-state index contributed by atoms with van der Waals surface area (Å²) in [5, 5.41) is 2.74. The van der Waals surface area contributed by atoms with E-state index in [1.165, 1.54) is 96.3 Å². The summed E-state index contributed by atoms with van der Waals surface area (Å²) in [5.74, 6) is 0. The molecular weight excluding hydrogens is 310 g/mol. The van der Waals surface area contributed by atoms with Gasteiger partial charge in [-0.15, -0.1) is 0 Å². The molecule has 150 valence electrons. The fraction of sp³-hybridized carbons (Fsp3) is 0.955. The van der Waals surface area contributed by atoms with Crippen molar-refractivity contribution in [2.75, 3.05) is 6.61 Å². The molecule has 3 heteroatoms. The minimum absolute atomic E-state index is 0.151. The molecular formula is C22H45NO2. The van der Waals surface area contributed by atoms with Crippen LogP contribution in [0.5, 0.6) is 0 Å². The van der Waals surface area contributed by atoms with Crippen LogP contribution in [-0.2, 0) is 4.74 Å². The molecule has 0 saturated carbocycles. The number of amides is 1. The van der Waals surface area contributed by atoms with Crippen LogP contribution in [-0.4, -0.2) is 18.7 Å². The lowest BCUT2D eigenvalue weighted by molar-refractivity contribution is 0.141. The molecule has 0 unspecified atom stereocenters. The summed E-state index contributed by atoms with van der Waals surface area (Å²) in [7, 11) is 0. The molecule has 0 heterocycles. The van der Waals surface area contributed by atoms with Gasteiger partial charge in [0.15, 0.2) is 0 Å². The Morgan fingerprint density at radius 3 is 1.40 bits per heavy atom. The molecule has 0 aliphatic carbocycles. The fourth-order valence-corrected chi connectivity index (χ4v) is 3.09. The second-order valence-corrected chi connectivity index (χ2v) is 7.74. The Labute approximate surface area is 157 Å². The van der Waals surface area contributed by atoms with E-state index in [0.29, 0.717) is 6.61 Å². The molecule has 0 fully saturated rings. The number of unbranched alkanes of at least 4 members (excludes halogenated alkanes) is 15. The van der Waals surface area contributed by atoms with E-state index >= 15 is 0 Å². The summed E-state index contributed by atoms with van der Waals surface area (Å²) < 4.78 is 5.12. The van der Waals surface area contributed by atoms with Crippen molar-refractivity contribution in [1.82, 2.24) is 5.32 Å². The van der Waals surface area contributed by atoms with E-state index in [1.54, 1.807) is 0 Å². The summed E-state index contributed by atoms with van der Waals surface area (Å²) in [6.07, 6.45) is 21.5. The first-order chi connectivity index (χ1) is 12.2. The van der Waals surface area contributed by atoms with E-state index < -0.39 is 0 Å². The minimum atomic E-state index is -0.282. The zero-order valence-corrected chi connectivity index (χ0v) is 17.4. The maximum Gasteiger partial charge on any atom is 0.407 e. The van der Waals surface area contributed by atoms with Crippen LogP contribution in [0.15, 0.2) is 0 Å². The van der Waals surface area contributed by atoms with Gasteiger partial charge in [0.05, 0.1) is 6.61 Å². The maximum absolute atomic E-state index is 11.3. The molecule has 0 spiro atoms. The summed E-state index contributed by atoms with van der Waals surface area (Å²) in [5.41, 5.74) is 0. The van der Waals surface area contributed by atoms with E-state index in [2.05, 4.69) is 12.2 Å². The van der Waals surface area contributed by atoms with Crippen LogP contribution < -0.4 is 5.32 Å². The first kappa shape index (κ1) is 24.3. The average molecular weight is 356 g/mol. The average Bonchev–Trinajstić information content (AvgIpc) is 2.57. The summed E-state index contributed by atoms with van der Waals surface area (Å²) in [6, 6.07) is 0.151. The van der Waals surface area contributed by atoms with E-state index in [-0.39, 0.29) is 12.1 Å². The first-order valence-corrected chi connectivity index (χ1v) is 11.1. The third-order valence-electron chi connectivity index (χ3n) is 4.64. The van der Waals surface area contributed by atoms with Crippen molar-refractivity contribution >= 4 is 6.09 Å². The van der Waals surface area contributed by atoms with Gasteiger partial charge in [0.2, 0.25) is 0 Å². The topological polar surface area (TPSA) is 38.3 Å². The van der Waals surface area contributed by atoms with Crippen LogP contribution in [0.3, 0.4) is 0 Å². The molecule has 1 amide bonds. The van der Waals surface area contributed by atoms with Gasteiger partial charge in [0.1, 0.15) is 0 Å². The Morgan fingerprint density at radius 2 is 1.04 bits per heavy atom. The van der Waals surface area contributed by atoms with Crippen molar-refractivity contribution in [2.45, 2.75) is 130 Å². The molecule has 25 heavy (non-hydrogen) atoms. The molecule has 0 aromatic carbocycles. The second-order valence-electron chi connectivity index (χ2n) is 7.74. The normalized spacial score (nSPS) is 11.0. The molecule has 0 rings (SSSR count). The van der Waals surface area contributed by atoms with Gasteiger partial charge in [-0.05, 0) is 20.3 Å². The molecule has 0 bridgehead atoms. The number of rotatable bonds is 18. The highest BCUT2D eigenvalue weighted by Gasteiger charge is 2.02. The van der Waals surface area contributed by atoms with Gasteiger partial charge in [-0.3, -0.25) is 0 Å². The summed E-state index contributed by atoms with van der Waals surface area (Å²) >= 11 is 0. The molecule has 0 saturated heterocycles. The highest BCUT2D eigenvalue weighted by molar-refractivity contribution is 5.67. The van der Waals surface area contributed by atoms with Gasteiger partial charge < -0.3 is 10.1 Å². The van der Waals surface area contributed by atoms with Gasteiger partial charge in [-0.1, -0.05) is 103 Å². The lowest BCUT2D eigenvalue weighted by Crippen LogP contribution is -2.30. The zero-order chi connectivity index (χ0) is 18.6. The monoisotopic (exact) mass is 355 g/mol. The number of hydrogen-bond acceptors (Lipinski definition) is 2. The molecule has 0 aliphatic heterocycles. The Hall–Kier alpha value is -0.730. The zero-order valence-electron chi connectivity index (χ0n) is 17.4. The predicted octanol–water partition coefficient (Wildman–Crippen LogP) is 7.38. The Balaban J connectivity index is 3.06. The maximum atomic E-state index is 11.3. The van der Waals surface area contributed by atoms with E-state index in [0.717, 1.165) is 6.42 Å². The van der Waals surface area contributed by atoms with Gasteiger partial charge in [-0.2, -0.15) is 0 Å². The van der Waals surface area contributed by atoms with Crippen molar-refractivity contribution in [3.05, 3.63) is 0 Å². The molecule has 0 atom stereocenters. The van der Waals surface area contributed by atoms with Crippen molar-refractivity contribution in [1.29, 1.82) is 0 Å². The van der Waals surface area contributed by atoms with Crippen LogP contribution >= 0.6 is 0 Å². The van der Waals surface area contributed by atoms with Gasteiger partial charge in [-0.25, -0.2) is 4.79 Å². The first-order valence-electron chi connectivity index (χ1n) is 11.1. The van der Waals surface area contributed by atoms with Crippen LogP contribution in [0.2, 0.25) is 0 Å². The standard InChI is InChI=1S/C22H45NO2/c1-4-5-6-7-8-9-10-11-12-13-14-15-16-17-18-19-20-25-22(24)23-21(2)3/h21H,4-20H2,1-3H3,(H,23,24). The molecule has 0 radical (unpaired) electrons.